The Hall–Kier alpha value is -0.900. The van der Waals surface area contributed by atoms with Crippen molar-refractivity contribution in [2.75, 3.05) is 13.7 Å². The van der Waals surface area contributed by atoms with E-state index in [1.807, 2.05) is 0 Å². The lowest BCUT2D eigenvalue weighted by atomic mass is 9.91. The Morgan fingerprint density at radius 3 is 2.72 bits per heavy atom. The van der Waals surface area contributed by atoms with Crippen molar-refractivity contribution in [2.45, 2.75) is 52.1 Å². The number of esters is 1. The maximum absolute atomic E-state index is 11.2. The van der Waals surface area contributed by atoms with Crippen molar-refractivity contribution < 1.29 is 19.1 Å². The monoisotopic (exact) mass is 256 g/mol. The Kier molecular flexibility index (Phi) is 6.33. The second-order valence-corrected chi connectivity index (χ2v) is 5.33. The normalized spacial score (nSPS) is 24.3. The van der Waals surface area contributed by atoms with Crippen LogP contribution in [0, 0.1) is 11.8 Å². The van der Waals surface area contributed by atoms with Gasteiger partial charge in [0.05, 0.1) is 6.61 Å². The molecule has 104 valence electrons. The van der Waals surface area contributed by atoms with Crippen LogP contribution >= 0.6 is 0 Å². The van der Waals surface area contributed by atoms with E-state index in [-0.39, 0.29) is 23.8 Å². The first kappa shape index (κ1) is 15.2. The van der Waals surface area contributed by atoms with E-state index in [0.29, 0.717) is 18.9 Å². The minimum atomic E-state index is -0.133. The highest BCUT2D eigenvalue weighted by atomic mass is 16.6. The van der Waals surface area contributed by atoms with Crippen molar-refractivity contribution in [1.29, 1.82) is 0 Å². The van der Waals surface area contributed by atoms with Crippen LogP contribution in [0.5, 0.6) is 0 Å². The summed E-state index contributed by atoms with van der Waals surface area (Å²) in [6, 6.07) is 0. The molecule has 1 aliphatic rings. The van der Waals surface area contributed by atoms with Crippen LogP contribution in [0.1, 0.15) is 46.0 Å². The number of unbranched alkanes of at least 4 members (excludes halogenated alkanes) is 1. The molecule has 0 amide bonds. The first-order chi connectivity index (χ1) is 8.54. The third-order valence-electron chi connectivity index (χ3n) is 3.44. The van der Waals surface area contributed by atoms with Gasteiger partial charge >= 0.3 is 5.97 Å². The number of cyclic esters (lactones) is 1. The smallest absolute Gasteiger partial charge is 0.315 e. The fourth-order valence-electron chi connectivity index (χ4n) is 2.44. The molecule has 0 spiro atoms. The summed E-state index contributed by atoms with van der Waals surface area (Å²) in [5, 5.41) is 0. The van der Waals surface area contributed by atoms with Crippen molar-refractivity contribution in [2.24, 2.45) is 11.8 Å². The number of hydrogen-bond donors (Lipinski definition) is 0. The molecular formula is C14H24O4. The minimum Gasteiger partial charge on any atom is -0.461 e. The van der Waals surface area contributed by atoms with Gasteiger partial charge in [0.25, 0.3) is 0 Å². The summed E-state index contributed by atoms with van der Waals surface area (Å²) in [5.41, 5.74) is 0. The molecule has 3 atom stereocenters. The molecule has 0 aromatic rings. The highest BCUT2D eigenvalue weighted by Gasteiger charge is 2.41. The summed E-state index contributed by atoms with van der Waals surface area (Å²) in [5.74, 6) is 0.522. The highest BCUT2D eigenvalue weighted by molar-refractivity contribution is 5.78. The van der Waals surface area contributed by atoms with E-state index >= 15 is 0 Å². The van der Waals surface area contributed by atoms with Gasteiger partial charge in [-0.1, -0.05) is 19.8 Å². The lowest BCUT2D eigenvalue weighted by Crippen LogP contribution is -2.47. The molecule has 1 aliphatic heterocycles. The summed E-state index contributed by atoms with van der Waals surface area (Å²) in [4.78, 5) is 22.1. The predicted octanol–water partition coefficient (Wildman–Crippen LogP) is 2.35. The quantitative estimate of drug-likeness (QED) is 0.469. The van der Waals surface area contributed by atoms with Crippen LogP contribution in [0.2, 0.25) is 0 Å². The summed E-state index contributed by atoms with van der Waals surface area (Å²) < 4.78 is 10.1. The molecule has 0 aromatic heterocycles. The van der Waals surface area contributed by atoms with Gasteiger partial charge in [-0.05, 0) is 25.7 Å². The number of methoxy groups -OCH3 is 1. The van der Waals surface area contributed by atoms with Gasteiger partial charge in [-0.3, -0.25) is 4.79 Å². The van der Waals surface area contributed by atoms with Crippen molar-refractivity contribution >= 4 is 11.8 Å². The van der Waals surface area contributed by atoms with Gasteiger partial charge in [-0.15, -0.1) is 0 Å². The zero-order chi connectivity index (χ0) is 13.5. The molecule has 3 unspecified atom stereocenters. The SMILES string of the molecule is COCC1C(=O)OC1CCCCC(C)CC(C)=O. The summed E-state index contributed by atoms with van der Waals surface area (Å²) >= 11 is 0. The lowest BCUT2D eigenvalue weighted by molar-refractivity contribution is -0.190. The fourth-order valence-corrected chi connectivity index (χ4v) is 2.44. The lowest BCUT2D eigenvalue weighted by Gasteiger charge is -2.34. The standard InChI is InChI=1S/C14H24O4/c1-10(8-11(2)15)6-4-5-7-13-12(9-17-3)14(16)18-13/h10,12-13H,4-9H2,1-3H3. The largest absolute Gasteiger partial charge is 0.461 e. The number of ketones is 1. The van der Waals surface area contributed by atoms with Crippen LogP contribution in [0.4, 0.5) is 0 Å². The van der Waals surface area contributed by atoms with Gasteiger partial charge in [-0.25, -0.2) is 0 Å². The van der Waals surface area contributed by atoms with E-state index in [1.54, 1.807) is 14.0 Å². The molecule has 1 rings (SSSR count). The third-order valence-corrected chi connectivity index (χ3v) is 3.44. The molecule has 4 nitrogen and oxygen atoms in total. The molecule has 0 N–H and O–H groups in total. The maximum atomic E-state index is 11.2. The second kappa shape index (κ2) is 7.52. The van der Waals surface area contributed by atoms with E-state index in [4.69, 9.17) is 9.47 Å². The molecule has 18 heavy (non-hydrogen) atoms. The number of carbonyl (C=O) groups is 2. The van der Waals surface area contributed by atoms with Gasteiger partial charge in [0, 0.05) is 13.5 Å². The Labute approximate surface area is 109 Å². The number of hydrogen-bond acceptors (Lipinski definition) is 4. The topological polar surface area (TPSA) is 52.6 Å². The Morgan fingerprint density at radius 1 is 1.44 bits per heavy atom. The van der Waals surface area contributed by atoms with E-state index < -0.39 is 0 Å². The van der Waals surface area contributed by atoms with E-state index in [0.717, 1.165) is 25.7 Å². The van der Waals surface area contributed by atoms with Gasteiger partial charge in [0.2, 0.25) is 0 Å². The second-order valence-electron chi connectivity index (χ2n) is 5.33. The van der Waals surface area contributed by atoms with Gasteiger partial charge in [0.15, 0.2) is 0 Å². The average Bonchev–Trinajstić information content (AvgIpc) is 2.29. The van der Waals surface area contributed by atoms with Crippen LogP contribution in [0.15, 0.2) is 0 Å². The molecule has 0 saturated carbocycles. The number of carbonyl (C=O) groups excluding carboxylic acids is 2. The molecule has 0 bridgehead atoms. The molecule has 1 saturated heterocycles. The molecule has 1 fully saturated rings. The Morgan fingerprint density at radius 2 is 2.17 bits per heavy atom. The Balaban J connectivity index is 2.08. The first-order valence-corrected chi connectivity index (χ1v) is 6.73. The Bertz CT molecular complexity index is 288. The maximum Gasteiger partial charge on any atom is 0.315 e. The highest BCUT2D eigenvalue weighted by Crippen LogP contribution is 2.27. The van der Waals surface area contributed by atoms with E-state index in [1.165, 1.54) is 0 Å². The molecule has 1 heterocycles. The zero-order valence-electron chi connectivity index (χ0n) is 11.6. The molecule has 0 aliphatic carbocycles. The van der Waals surface area contributed by atoms with Crippen LogP contribution < -0.4 is 0 Å². The van der Waals surface area contributed by atoms with Gasteiger partial charge in [-0.2, -0.15) is 0 Å². The van der Waals surface area contributed by atoms with Crippen LogP contribution in [0.3, 0.4) is 0 Å². The number of rotatable bonds is 9. The van der Waals surface area contributed by atoms with Crippen molar-refractivity contribution in [3.8, 4) is 0 Å². The first-order valence-electron chi connectivity index (χ1n) is 6.73. The summed E-state index contributed by atoms with van der Waals surface area (Å²) in [7, 11) is 1.60. The van der Waals surface area contributed by atoms with Crippen LogP contribution in [-0.2, 0) is 19.1 Å². The third kappa shape index (κ3) is 4.77. The van der Waals surface area contributed by atoms with Crippen LogP contribution in [0.25, 0.3) is 0 Å². The molecule has 0 aromatic carbocycles. The molecular weight excluding hydrogens is 232 g/mol. The van der Waals surface area contributed by atoms with Gasteiger partial charge in [0.1, 0.15) is 17.8 Å². The number of ether oxygens (including phenoxy) is 2. The average molecular weight is 256 g/mol. The zero-order valence-corrected chi connectivity index (χ0v) is 11.6. The minimum absolute atomic E-state index is 0.0422. The molecule has 4 heteroatoms. The number of Topliss-reactive ketones (excluding diaryl/α,β-unsaturated/α-hetero) is 1. The van der Waals surface area contributed by atoms with Crippen molar-refractivity contribution in [3.05, 3.63) is 0 Å². The fraction of sp³-hybridized carbons (Fsp3) is 0.857. The molecule has 0 radical (unpaired) electrons. The van der Waals surface area contributed by atoms with Crippen molar-refractivity contribution in [3.63, 3.8) is 0 Å². The summed E-state index contributed by atoms with van der Waals surface area (Å²) in [6.45, 7) is 4.21. The summed E-state index contributed by atoms with van der Waals surface area (Å²) in [6.07, 6.45) is 4.82. The van der Waals surface area contributed by atoms with Gasteiger partial charge < -0.3 is 14.3 Å². The van der Waals surface area contributed by atoms with Crippen LogP contribution in [-0.4, -0.2) is 31.6 Å². The van der Waals surface area contributed by atoms with E-state index in [9.17, 15) is 9.59 Å². The van der Waals surface area contributed by atoms with E-state index in [2.05, 4.69) is 6.92 Å². The predicted molar refractivity (Wildman–Crippen MR) is 68.2 cm³/mol. The van der Waals surface area contributed by atoms with Crippen molar-refractivity contribution in [1.82, 2.24) is 0 Å².